The first kappa shape index (κ1) is 26.0. The number of anilines is 1. The first-order chi connectivity index (χ1) is 15.2. The predicted molar refractivity (Wildman–Crippen MR) is 142 cm³/mol. The molecule has 0 unspecified atom stereocenters. The molecule has 0 radical (unpaired) electrons. The number of nitrogens with zero attached hydrogens (tertiary/aromatic N) is 3. The lowest BCUT2D eigenvalue weighted by Crippen LogP contribution is -2.37. The molecule has 2 heterocycles. The number of benzene rings is 1. The van der Waals surface area contributed by atoms with Crippen molar-refractivity contribution in [2.75, 3.05) is 45.8 Å². The summed E-state index contributed by atoms with van der Waals surface area (Å²) in [5.74, 6) is 3.35. The second kappa shape index (κ2) is 14.0. The van der Waals surface area contributed by atoms with E-state index >= 15 is 0 Å². The zero-order valence-electron chi connectivity index (χ0n) is 19.4. The molecule has 0 amide bonds. The first-order valence-corrected chi connectivity index (χ1v) is 11.1. The SMILES string of the molecule is CN=C(NCCc1ccc(OC)c(OC)c1)NCc1ccc(N2CCCCCC2)nc1.I. The van der Waals surface area contributed by atoms with Gasteiger partial charge in [0.2, 0.25) is 0 Å². The van der Waals surface area contributed by atoms with E-state index in [1.165, 1.54) is 31.2 Å². The minimum Gasteiger partial charge on any atom is -0.493 e. The van der Waals surface area contributed by atoms with Crippen molar-refractivity contribution < 1.29 is 9.47 Å². The number of methoxy groups -OCH3 is 2. The summed E-state index contributed by atoms with van der Waals surface area (Å²) in [5.41, 5.74) is 2.32. The molecule has 3 rings (SSSR count). The van der Waals surface area contributed by atoms with E-state index in [1.54, 1.807) is 21.3 Å². The molecule has 7 nitrogen and oxygen atoms in total. The molecule has 0 atom stereocenters. The molecule has 0 aliphatic carbocycles. The Balaban J connectivity index is 0.00000363. The number of aliphatic imine (C=N–C) groups is 1. The first-order valence-electron chi connectivity index (χ1n) is 11.1. The van der Waals surface area contributed by atoms with Gasteiger partial charge in [0.15, 0.2) is 17.5 Å². The van der Waals surface area contributed by atoms with Gasteiger partial charge in [-0.25, -0.2) is 4.98 Å². The van der Waals surface area contributed by atoms with Crippen molar-refractivity contribution >= 4 is 35.8 Å². The second-order valence-corrected chi connectivity index (χ2v) is 7.72. The van der Waals surface area contributed by atoms with Crippen molar-refractivity contribution in [3.8, 4) is 11.5 Å². The van der Waals surface area contributed by atoms with Crippen LogP contribution in [-0.4, -0.2) is 51.8 Å². The third-order valence-corrected chi connectivity index (χ3v) is 5.58. The van der Waals surface area contributed by atoms with Crippen LogP contribution in [0.5, 0.6) is 11.5 Å². The normalized spacial score (nSPS) is 14.2. The maximum absolute atomic E-state index is 5.38. The van der Waals surface area contributed by atoms with Crippen LogP contribution >= 0.6 is 24.0 Å². The zero-order chi connectivity index (χ0) is 21.9. The molecule has 8 heteroatoms. The molecule has 0 spiro atoms. The summed E-state index contributed by atoms with van der Waals surface area (Å²) in [5, 5.41) is 6.72. The van der Waals surface area contributed by atoms with Gasteiger partial charge >= 0.3 is 0 Å². The Morgan fingerprint density at radius 2 is 1.69 bits per heavy atom. The van der Waals surface area contributed by atoms with Gasteiger partial charge in [0.05, 0.1) is 14.2 Å². The number of ether oxygens (including phenoxy) is 2. The van der Waals surface area contributed by atoms with Crippen LogP contribution in [0.3, 0.4) is 0 Å². The average molecular weight is 553 g/mol. The van der Waals surface area contributed by atoms with Crippen LogP contribution in [0.4, 0.5) is 5.82 Å². The van der Waals surface area contributed by atoms with E-state index in [4.69, 9.17) is 9.47 Å². The fourth-order valence-electron chi connectivity index (χ4n) is 3.78. The largest absolute Gasteiger partial charge is 0.493 e. The number of hydrogen-bond donors (Lipinski definition) is 2. The van der Waals surface area contributed by atoms with E-state index in [0.717, 1.165) is 54.9 Å². The molecule has 1 aromatic heterocycles. The minimum absolute atomic E-state index is 0. The highest BCUT2D eigenvalue weighted by molar-refractivity contribution is 14.0. The van der Waals surface area contributed by atoms with E-state index in [1.807, 2.05) is 18.3 Å². The van der Waals surface area contributed by atoms with Gasteiger partial charge < -0.3 is 25.0 Å². The van der Waals surface area contributed by atoms with Crippen molar-refractivity contribution in [3.05, 3.63) is 47.7 Å². The van der Waals surface area contributed by atoms with Crippen LogP contribution in [0.15, 0.2) is 41.5 Å². The van der Waals surface area contributed by atoms with E-state index in [-0.39, 0.29) is 24.0 Å². The Labute approximate surface area is 209 Å². The fraction of sp³-hybridized carbons (Fsp3) is 0.500. The van der Waals surface area contributed by atoms with Gasteiger partial charge in [-0.2, -0.15) is 0 Å². The summed E-state index contributed by atoms with van der Waals surface area (Å²) in [4.78, 5) is 11.4. The Bertz CT molecular complexity index is 837. The van der Waals surface area contributed by atoms with Crippen LogP contribution < -0.4 is 25.0 Å². The minimum atomic E-state index is 0. The monoisotopic (exact) mass is 553 g/mol. The van der Waals surface area contributed by atoms with Crippen LogP contribution in [0.25, 0.3) is 0 Å². The summed E-state index contributed by atoms with van der Waals surface area (Å²) in [6.45, 7) is 3.67. The number of nitrogens with one attached hydrogen (secondary N) is 2. The number of rotatable bonds is 8. The van der Waals surface area contributed by atoms with Crippen LogP contribution in [0.2, 0.25) is 0 Å². The molecule has 2 N–H and O–H groups in total. The molecule has 176 valence electrons. The molecule has 0 saturated carbocycles. The Kier molecular flexibility index (Phi) is 11.4. The second-order valence-electron chi connectivity index (χ2n) is 7.72. The summed E-state index contributed by atoms with van der Waals surface area (Å²) in [6, 6.07) is 10.3. The Morgan fingerprint density at radius 3 is 2.31 bits per heavy atom. The summed E-state index contributed by atoms with van der Waals surface area (Å²) in [6.07, 6.45) is 8.00. The zero-order valence-corrected chi connectivity index (χ0v) is 21.7. The van der Waals surface area contributed by atoms with E-state index in [0.29, 0.717) is 6.54 Å². The van der Waals surface area contributed by atoms with Crippen molar-refractivity contribution in [1.82, 2.24) is 15.6 Å². The number of halogens is 1. The van der Waals surface area contributed by atoms with Gasteiger partial charge in [0.25, 0.3) is 0 Å². The molecule has 2 aromatic rings. The lowest BCUT2D eigenvalue weighted by Gasteiger charge is -2.21. The molecule has 1 aliphatic heterocycles. The van der Waals surface area contributed by atoms with Gasteiger partial charge in [-0.15, -0.1) is 24.0 Å². The van der Waals surface area contributed by atoms with Crippen molar-refractivity contribution in [1.29, 1.82) is 0 Å². The molecule has 1 aromatic carbocycles. The van der Waals surface area contributed by atoms with E-state index < -0.39 is 0 Å². The maximum atomic E-state index is 5.38. The Morgan fingerprint density at radius 1 is 0.969 bits per heavy atom. The van der Waals surface area contributed by atoms with Crippen molar-refractivity contribution in [3.63, 3.8) is 0 Å². The van der Waals surface area contributed by atoms with Gasteiger partial charge in [0, 0.05) is 39.4 Å². The van der Waals surface area contributed by atoms with Crippen LogP contribution in [0, 0.1) is 0 Å². The highest BCUT2D eigenvalue weighted by atomic mass is 127. The quantitative estimate of drug-likeness (QED) is 0.293. The summed E-state index contributed by atoms with van der Waals surface area (Å²) in [7, 11) is 5.08. The van der Waals surface area contributed by atoms with Crippen molar-refractivity contribution in [2.24, 2.45) is 4.99 Å². The van der Waals surface area contributed by atoms with Crippen LogP contribution in [0.1, 0.15) is 36.8 Å². The lowest BCUT2D eigenvalue weighted by atomic mass is 10.1. The van der Waals surface area contributed by atoms with Crippen molar-refractivity contribution in [2.45, 2.75) is 38.6 Å². The molecule has 0 bridgehead atoms. The number of hydrogen-bond acceptors (Lipinski definition) is 5. The van der Waals surface area contributed by atoms with Gasteiger partial charge in [-0.3, -0.25) is 4.99 Å². The lowest BCUT2D eigenvalue weighted by molar-refractivity contribution is 0.354. The third-order valence-electron chi connectivity index (χ3n) is 5.58. The molecular formula is C24H36IN5O2. The van der Waals surface area contributed by atoms with Crippen LogP contribution in [-0.2, 0) is 13.0 Å². The predicted octanol–water partition coefficient (Wildman–Crippen LogP) is 4.00. The third kappa shape index (κ3) is 7.72. The topological polar surface area (TPSA) is 71.0 Å². The molecular weight excluding hydrogens is 517 g/mol. The number of guanidine groups is 1. The molecule has 1 aliphatic rings. The number of pyridine rings is 1. The highest BCUT2D eigenvalue weighted by Gasteiger charge is 2.11. The standard InChI is InChI=1S/C24H35N5O2.HI/c1-25-24(26-13-12-19-8-10-21(30-2)22(16-19)31-3)28-18-20-9-11-23(27-17-20)29-14-6-4-5-7-15-29;/h8-11,16-17H,4-7,12-15,18H2,1-3H3,(H2,25,26,28);1H. The molecule has 1 saturated heterocycles. The van der Waals surface area contributed by atoms with E-state index in [9.17, 15) is 0 Å². The van der Waals surface area contributed by atoms with Gasteiger partial charge in [0.1, 0.15) is 5.82 Å². The maximum Gasteiger partial charge on any atom is 0.191 e. The molecule has 1 fully saturated rings. The summed E-state index contributed by atoms with van der Waals surface area (Å²) < 4.78 is 10.7. The fourth-order valence-corrected chi connectivity index (χ4v) is 3.78. The van der Waals surface area contributed by atoms with E-state index in [2.05, 4.69) is 43.7 Å². The molecule has 32 heavy (non-hydrogen) atoms. The average Bonchev–Trinajstić information content (AvgIpc) is 3.11. The van der Waals surface area contributed by atoms with Gasteiger partial charge in [-0.05, 0) is 48.6 Å². The van der Waals surface area contributed by atoms with Gasteiger partial charge in [-0.1, -0.05) is 25.0 Å². The Hall–Kier alpha value is -2.23. The number of aromatic nitrogens is 1. The summed E-state index contributed by atoms with van der Waals surface area (Å²) >= 11 is 0. The highest BCUT2D eigenvalue weighted by Crippen LogP contribution is 2.27. The smallest absolute Gasteiger partial charge is 0.191 e.